The molecule has 0 aromatic rings. The molecule has 1 saturated carbocycles. The van der Waals surface area contributed by atoms with Crippen molar-refractivity contribution in [2.45, 2.75) is 187 Å². The summed E-state index contributed by atoms with van der Waals surface area (Å²) in [6.07, 6.45) is 19.8. The molecule has 2 N–H and O–H groups in total. The zero-order valence-electron chi connectivity index (χ0n) is 41.3. The minimum Gasteiger partial charge on any atom is -0.598 e. The van der Waals surface area contributed by atoms with E-state index in [1.807, 2.05) is 32.1 Å². The van der Waals surface area contributed by atoms with Crippen molar-refractivity contribution in [1.82, 2.24) is 9.21 Å². The number of piperidine rings is 1. The van der Waals surface area contributed by atoms with Crippen LogP contribution in [0.15, 0.2) is 47.6 Å². The number of esters is 1. The number of aliphatic hydroxyl groups excluding tert-OH is 1. The van der Waals surface area contributed by atoms with Crippen LogP contribution in [0.25, 0.3) is 0 Å². The van der Waals surface area contributed by atoms with Crippen molar-refractivity contribution in [3.05, 3.63) is 47.6 Å². The van der Waals surface area contributed by atoms with Crippen molar-refractivity contribution in [3.8, 4) is 0 Å². The summed E-state index contributed by atoms with van der Waals surface area (Å²) in [5.74, 6) is -5.14. The number of rotatable bonds is 23. The van der Waals surface area contributed by atoms with Gasteiger partial charge in [-0.25, -0.2) is 4.79 Å². The molecule has 0 aromatic heterocycles. The van der Waals surface area contributed by atoms with Crippen molar-refractivity contribution >= 4 is 40.6 Å². The summed E-state index contributed by atoms with van der Waals surface area (Å²) < 4.78 is 31.8. The third-order valence-electron chi connectivity index (χ3n) is 14.6. The molecule has 0 aromatic carbocycles. The lowest BCUT2D eigenvalue weighted by Gasteiger charge is -2.39. The molecule has 14 heteroatoms. The predicted molar refractivity (Wildman–Crippen MR) is 257 cm³/mol. The molecular weight excluding hydrogens is 861 g/mol. The molecule has 4 fully saturated rings. The number of allylic oxidation sites excluding steroid dienone is 6. The third kappa shape index (κ3) is 16.3. The Morgan fingerprint density at radius 1 is 0.909 bits per heavy atom. The molecule has 13 nitrogen and oxygen atoms in total. The van der Waals surface area contributed by atoms with Gasteiger partial charge in [-0.1, -0.05) is 82.6 Å². The summed E-state index contributed by atoms with van der Waals surface area (Å²) in [6.45, 7) is 14.6. The van der Waals surface area contributed by atoms with E-state index in [1.54, 1.807) is 27.0 Å². The van der Waals surface area contributed by atoms with Gasteiger partial charge >= 0.3 is 5.97 Å². The highest BCUT2D eigenvalue weighted by Crippen LogP contribution is 2.35. The van der Waals surface area contributed by atoms with Gasteiger partial charge in [0.05, 0.1) is 24.9 Å². The number of nitrogens with zero attached hydrogens (tertiary/aromatic N) is 2. The average molecular weight is 943 g/mol. The molecule has 12 atom stereocenters. The highest BCUT2D eigenvalue weighted by Gasteiger charge is 2.51. The van der Waals surface area contributed by atoms with Crippen LogP contribution in [0, 0.1) is 29.6 Å². The maximum atomic E-state index is 14.1. The van der Waals surface area contributed by atoms with E-state index >= 15 is 0 Å². The second-order valence-corrected chi connectivity index (χ2v) is 21.5. The number of Topliss-reactive ketones (excluding diaryl/α,β-unsaturated/α-hetero) is 3. The molecule has 0 bridgehead atoms. The van der Waals surface area contributed by atoms with Gasteiger partial charge in [-0.05, 0) is 115 Å². The molecule has 9 unspecified atom stereocenters. The smallest absolute Gasteiger partial charge is 0.329 e. The Kier molecular flexibility index (Phi) is 23.0. The maximum absolute atomic E-state index is 14.1. The Bertz CT molecular complexity index is 1750. The lowest BCUT2D eigenvalue weighted by molar-refractivity contribution is -0.241. The molecule has 4 rings (SSSR count). The number of hydrogen-bond acceptors (Lipinski definition) is 12. The van der Waals surface area contributed by atoms with Gasteiger partial charge in [0.1, 0.15) is 29.5 Å². The summed E-state index contributed by atoms with van der Waals surface area (Å²) >= 11 is -0.922. The SMILES string of the molecule is COC1CCCC(C[C@@H](C)[C@H](CC(=O)C/C=C(\C)C(O)CC(=O)C(C)C[C@H](C)/C=C/C=C/C=C(\C)C(C)N2CCCC[S+]2[O-])OC(=O)C2CCCCN2C(=O)C(=O)C2(O)OCCCC2C)C1. The monoisotopic (exact) mass is 943 g/mol. The third-order valence-corrected chi connectivity index (χ3v) is 16.3. The largest absolute Gasteiger partial charge is 0.598 e. The van der Waals surface area contributed by atoms with Crippen LogP contribution in [0.4, 0.5) is 0 Å². The van der Waals surface area contributed by atoms with Crippen molar-refractivity contribution in [3.63, 3.8) is 0 Å². The molecule has 3 aliphatic heterocycles. The molecule has 66 heavy (non-hydrogen) atoms. The molecule has 372 valence electrons. The van der Waals surface area contributed by atoms with E-state index in [4.69, 9.17) is 14.2 Å². The fourth-order valence-corrected chi connectivity index (χ4v) is 11.4. The average Bonchev–Trinajstić information content (AvgIpc) is 3.30. The molecule has 1 amide bonds. The van der Waals surface area contributed by atoms with Crippen LogP contribution in [0.3, 0.4) is 0 Å². The van der Waals surface area contributed by atoms with Gasteiger partial charge in [0.25, 0.3) is 11.7 Å². The highest BCUT2D eigenvalue weighted by atomic mass is 32.2. The number of carbonyl (C=O) groups is 5. The molecule has 3 saturated heterocycles. The lowest BCUT2D eigenvalue weighted by Crippen LogP contribution is -2.59. The number of methoxy groups -OCH3 is 1. The van der Waals surface area contributed by atoms with Gasteiger partial charge < -0.3 is 33.9 Å². The number of likely N-dealkylation sites (tertiary alicyclic amines) is 1. The number of ketones is 3. The summed E-state index contributed by atoms with van der Waals surface area (Å²) in [5.41, 5.74) is 1.66. The van der Waals surface area contributed by atoms with Crippen LogP contribution in [0.1, 0.15) is 151 Å². The van der Waals surface area contributed by atoms with E-state index in [0.29, 0.717) is 50.0 Å². The van der Waals surface area contributed by atoms with Gasteiger partial charge in [0.15, 0.2) is 0 Å². The highest BCUT2D eigenvalue weighted by molar-refractivity contribution is 7.89. The van der Waals surface area contributed by atoms with Crippen LogP contribution >= 0.6 is 0 Å². The number of carbonyl (C=O) groups excluding carboxylic acids is 5. The normalized spacial score (nSPS) is 29.0. The van der Waals surface area contributed by atoms with Crippen molar-refractivity contribution < 1.29 is 52.9 Å². The van der Waals surface area contributed by atoms with Crippen LogP contribution in [-0.2, 0) is 49.5 Å². The second kappa shape index (κ2) is 27.3. The van der Waals surface area contributed by atoms with Crippen LogP contribution < -0.4 is 0 Å². The van der Waals surface area contributed by atoms with E-state index in [9.17, 15) is 38.7 Å². The zero-order valence-corrected chi connectivity index (χ0v) is 42.1. The quantitative estimate of drug-likeness (QED) is 0.0335. The maximum Gasteiger partial charge on any atom is 0.329 e. The van der Waals surface area contributed by atoms with Crippen molar-refractivity contribution in [1.29, 1.82) is 0 Å². The molecular formula is C52H82N2O11S. The fourth-order valence-electron chi connectivity index (χ4n) is 9.89. The topological polar surface area (TPSA) is 183 Å². The van der Waals surface area contributed by atoms with Gasteiger partial charge in [-0.2, -0.15) is 0 Å². The number of aliphatic hydroxyl groups is 2. The first-order valence-corrected chi connectivity index (χ1v) is 26.1. The number of hydrogen-bond donors (Lipinski definition) is 2. The lowest BCUT2D eigenvalue weighted by atomic mass is 9.79. The van der Waals surface area contributed by atoms with E-state index < -0.39 is 59.0 Å². The Balaban J connectivity index is 1.33. The molecule has 0 spiro atoms. The minimum atomic E-state index is -2.25. The molecule has 0 radical (unpaired) electrons. The molecule has 3 heterocycles. The van der Waals surface area contributed by atoms with E-state index in [1.165, 1.54) is 4.90 Å². The Labute approximate surface area is 398 Å². The second-order valence-electron chi connectivity index (χ2n) is 19.9. The Hall–Kier alpha value is -2.98. The van der Waals surface area contributed by atoms with Gasteiger partial charge in [-0.3, -0.25) is 19.2 Å². The minimum absolute atomic E-state index is 0.0252. The van der Waals surface area contributed by atoms with Gasteiger partial charge in [-0.15, -0.1) is 4.31 Å². The van der Waals surface area contributed by atoms with Crippen LogP contribution in [0.5, 0.6) is 0 Å². The standard InChI is InChI=1S/C52H82N2O11S/c1-35(18-10-9-11-19-36(2)41(7)54-27-14-15-29-66(54)62)30-38(4)47(57)34-46(56)37(3)24-25-43(55)33-48(39(5)31-42-21-16-22-44(32-42)63-8)65-51(60)45-23-12-13-26-53(45)50(59)49(58)52(61)40(6)20-17-28-64-52/h9-11,18-19,24,35,38-42,44-46,48,56,61H,12-17,20-23,25-34H2,1-8H3/b11-9+,18-10+,36-19+,37-24+/t35-,38?,39-,40?,41?,42?,44?,45?,46?,48+,52?,66?/m1/s1. The first kappa shape index (κ1) is 55.6. The summed E-state index contributed by atoms with van der Waals surface area (Å²) in [4.78, 5) is 69.3. The van der Waals surface area contributed by atoms with Crippen molar-refractivity contribution in [2.24, 2.45) is 29.6 Å². The van der Waals surface area contributed by atoms with Crippen molar-refractivity contribution in [2.75, 3.05) is 32.6 Å². The van der Waals surface area contributed by atoms with E-state index in [0.717, 1.165) is 56.4 Å². The van der Waals surface area contributed by atoms with Crippen LogP contribution in [-0.4, -0.2) is 122 Å². The summed E-state index contributed by atoms with van der Waals surface area (Å²) in [6, 6.07) is -0.935. The van der Waals surface area contributed by atoms with E-state index in [2.05, 4.69) is 37.2 Å². The zero-order chi connectivity index (χ0) is 48.6. The summed E-state index contributed by atoms with van der Waals surface area (Å²) in [7, 11) is 1.72. The molecule has 4 aliphatic rings. The molecule has 1 aliphatic carbocycles. The Morgan fingerprint density at radius 2 is 1.65 bits per heavy atom. The van der Waals surface area contributed by atoms with Gasteiger partial charge in [0, 0.05) is 62.7 Å². The Morgan fingerprint density at radius 3 is 2.36 bits per heavy atom. The van der Waals surface area contributed by atoms with Crippen LogP contribution in [0.2, 0.25) is 0 Å². The number of amides is 1. The first-order chi connectivity index (χ1) is 31.4. The number of ether oxygens (including phenoxy) is 3. The predicted octanol–water partition coefficient (Wildman–Crippen LogP) is 7.70. The first-order valence-electron chi connectivity index (χ1n) is 24.9. The fraction of sp³-hybridized carbons (Fsp3) is 0.750. The van der Waals surface area contributed by atoms with E-state index in [-0.39, 0.29) is 80.3 Å². The summed E-state index contributed by atoms with van der Waals surface area (Å²) in [5, 5.41) is 22.2. The van der Waals surface area contributed by atoms with Gasteiger partial charge in [0.2, 0.25) is 5.79 Å².